The smallest absolute Gasteiger partial charge is 0.181 e. The molecular weight excluding hydrogens is 316 g/mol. The summed E-state index contributed by atoms with van der Waals surface area (Å²) in [4.78, 5) is 13.7. The summed E-state index contributed by atoms with van der Waals surface area (Å²) in [5, 5.41) is 3.33. The third kappa shape index (κ3) is 2.98. The number of anilines is 1. The molecule has 2 heterocycles. The zero-order valence-corrected chi connectivity index (χ0v) is 13.8. The van der Waals surface area contributed by atoms with Gasteiger partial charge in [-0.15, -0.1) is 0 Å². The van der Waals surface area contributed by atoms with Gasteiger partial charge in [0, 0.05) is 28.5 Å². The van der Waals surface area contributed by atoms with Crippen molar-refractivity contribution in [1.82, 2.24) is 15.0 Å². The van der Waals surface area contributed by atoms with Gasteiger partial charge in [0.2, 0.25) is 0 Å². The normalized spacial score (nSPS) is 10.9. The van der Waals surface area contributed by atoms with Crippen molar-refractivity contribution in [2.45, 2.75) is 33.6 Å². The van der Waals surface area contributed by atoms with Gasteiger partial charge < -0.3 is 5.32 Å². The maximum Gasteiger partial charge on any atom is 0.181 e. The standard InChI is InChI=1S/C15H19BrN4/c1-5-17-14-12(9(2)3)10(4)19-15(20-14)13-11(16)7-6-8-18-13/h6-9H,5H2,1-4H3,(H,17,19,20). The van der Waals surface area contributed by atoms with Gasteiger partial charge in [-0.25, -0.2) is 9.97 Å². The van der Waals surface area contributed by atoms with E-state index >= 15 is 0 Å². The lowest BCUT2D eigenvalue weighted by atomic mass is 10.0. The molecule has 0 saturated heterocycles. The highest BCUT2D eigenvalue weighted by Crippen LogP contribution is 2.29. The van der Waals surface area contributed by atoms with Crippen LogP contribution in [-0.4, -0.2) is 21.5 Å². The van der Waals surface area contributed by atoms with E-state index in [9.17, 15) is 0 Å². The summed E-state index contributed by atoms with van der Waals surface area (Å²) < 4.78 is 0.902. The minimum absolute atomic E-state index is 0.380. The first-order chi connectivity index (χ1) is 9.54. The number of nitrogens with one attached hydrogen (secondary N) is 1. The van der Waals surface area contributed by atoms with Crippen LogP contribution in [-0.2, 0) is 0 Å². The van der Waals surface area contributed by atoms with Crippen LogP contribution in [0.5, 0.6) is 0 Å². The van der Waals surface area contributed by atoms with E-state index in [1.165, 1.54) is 5.56 Å². The van der Waals surface area contributed by atoms with Crippen LogP contribution in [0.3, 0.4) is 0 Å². The van der Waals surface area contributed by atoms with Crippen LogP contribution in [0.25, 0.3) is 11.5 Å². The van der Waals surface area contributed by atoms with Crippen LogP contribution in [0.4, 0.5) is 5.82 Å². The number of halogens is 1. The van der Waals surface area contributed by atoms with Crippen molar-refractivity contribution in [3.63, 3.8) is 0 Å². The second-order valence-corrected chi connectivity index (χ2v) is 5.77. The van der Waals surface area contributed by atoms with Gasteiger partial charge >= 0.3 is 0 Å². The lowest BCUT2D eigenvalue weighted by Crippen LogP contribution is -2.10. The highest BCUT2D eigenvalue weighted by Gasteiger charge is 2.16. The van der Waals surface area contributed by atoms with Crippen molar-refractivity contribution < 1.29 is 0 Å². The molecule has 2 rings (SSSR count). The van der Waals surface area contributed by atoms with Gasteiger partial charge in [-0.05, 0) is 47.8 Å². The second kappa shape index (κ2) is 6.31. The number of pyridine rings is 1. The molecule has 5 heteroatoms. The Hall–Kier alpha value is -1.49. The summed E-state index contributed by atoms with van der Waals surface area (Å²) in [6, 6.07) is 3.83. The molecule has 0 unspecified atom stereocenters. The summed E-state index contributed by atoms with van der Waals surface area (Å²) in [5.41, 5.74) is 2.94. The fourth-order valence-corrected chi connectivity index (χ4v) is 2.66. The highest BCUT2D eigenvalue weighted by molar-refractivity contribution is 9.10. The maximum atomic E-state index is 4.66. The topological polar surface area (TPSA) is 50.7 Å². The summed E-state index contributed by atoms with van der Waals surface area (Å²) in [6.07, 6.45) is 1.75. The molecule has 20 heavy (non-hydrogen) atoms. The average Bonchev–Trinajstić information content (AvgIpc) is 2.38. The van der Waals surface area contributed by atoms with Gasteiger partial charge in [-0.3, -0.25) is 4.98 Å². The Labute approximate surface area is 128 Å². The Balaban J connectivity index is 2.60. The number of aromatic nitrogens is 3. The summed E-state index contributed by atoms with van der Waals surface area (Å²) in [6.45, 7) is 9.24. The van der Waals surface area contributed by atoms with Crippen molar-refractivity contribution >= 4 is 21.7 Å². The molecule has 0 aliphatic heterocycles. The molecule has 0 aromatic carbocycles. The van der Waals surface area contributed by atoms with Crippen molar-refractivity contribution in [2.24, 2.45) is 0 Å². The van der Waals surface area contributed by atoms with E-state index in [0.717, 1.165) is 28.2 Å². The molecule has 0 bridgehead atoms. The van der Waals surface area contributed by atoms with Crippen molar-refractivity contribution in [2.75, 3.05) is 11.9 Å². The number of hydrogen-bond donors (Lipinski definition) is 1. The van der Waals surface area contributed by atoms with Crippen LogP contribution in [0.15, 0.2) is 22.8 Å². The van der Waals surface area contributed by atoms with Gasteiger partial charge in [0.05, 0.1) is 0 Å². The predicted molar refractivity (Wildman–Crippen MR) is 86.0 cm³/mol. The largest absolute Gasteiger partial charge is 0.370 e. The van der Waals surface area contributed by atoms with Gasteiger partial charge in [-0.1, -0.05) is 13.8 Å². The fourth-order valence-electron chi connectivity index (χ4n) is 2.23. The molecule has 0 spiro atoms. The number of rotatable bonds is 4. The minimum Gasteiger partial charge on any atom is -0.370 e. The van der Waals surface area contributed by atoms with E-state index < -0.39 is 0 Å². The first-order valence-corrected chi connectivity index (χ1v) is 7.57. The van der Waals surface area contributed by atoms with E-state index in [0.29, 0.717) is 11.7 Å². The van der Waals surface area contributed by atoms with Crippen LogP contribution < -0.4 is 5.32 Å². The first kappa shape index (κ1) is 14.9. The van der Waals surface area contributed by atoms with Gasteiger partial charge in [0.15, 0.2) is 5.82 Å². The Bertz CT molecular complexity index is 611. The molecule has 0 saturated carbocycles. The van der Waals surface area contributed by atoms with E-state index in [-0.39, 0.29) is 0 Å². The quantitative estimate of drug-likeness (QED) is 0.911. The van der Waals surface area contributed by atoms with Crippen LogP contribution in [0, 0.1) is 6.92 Å². The summed E-state index contributed by atoms with van der Waals surface area (Å²) in [5.74, 6) is 1.93. The zero-order valence-electron chi connectivity index (χ0n) is 12.2. The number of nitrogens with zero attached hydrogens (tertiary/aromatic N) is 3. The second-order valence-electron chi connectivity index (χ2n) is 4.91. The SMILES string of the molecule is CCNc1nc(-c2ncccc2Br)nc(C)c1C(C)C. The van der Waals surface area contributed by atoms with Gasteiger partial charge in [0.25, 0.3) is 0 Å². The molecule has 0 aliphatic rings. The molecule has 106 valence electrons. The van der Waals surface area contributed by atoms with E-state index in [4.69, 9.17) is 0 Å². The molecule has 0 radical (unpaired) electrons. The van der Waals surface area contributed by atoms with Crippen LogP contribution in [0.2, 0.25) is 0 Å². The van der Waals surface area contributed by atoms with E-state index in [2.05, 4.69) is 57.0 Å². The van der Waals surface area contributed by atoms with Crippen molar-refractivity contribution in [1.29, 1.82) is 0 Å². The monoisotopic (exact) mass is 334 g/mol. The molecule has 0 aliphatic carbocycles. The predicted octanol–water partition coefficient (Wildman–Crippen LogP) is 4.16. The molecule has 2 aromatic rings. The fraction of sp³-hybridized carbons (Fsp3) is 0.400. The minimum atomic E-state index is 0.380. The molecule has 0 atom stereocenters. The van der Waals surface area contributed by atoms with Crippen LogP contribution >= 0.6 is 15.9 Å². The molecular formula is C15H19BrN4. The Kier molecular flexibility index (Phi) is 4.70. The summed E-state index contributed by atoms with van der Waals surface area (Å²) in [7, 11) is 0. The van der Waals surface area contributed by atoms with Crippen molar-refractivity contribution in [3.05, 3.63) is 34.1 Å². The molecule has 0 fully saturated rings. The lowest BCUT2D eigenvalue weighted by Gasteiger charge is -2.16. The molecule has 2 aromatic heterocycles. The van der Waals surface area contributed by atoms with E-state index in [1.807, 2.05) is 19.1 Å². The lowest BCUT2D eigenvalue weighted by molar-refractivity contribution is 0.830. The Morgan fingerprint density at radius 3 is 2.65 bits per heavy atom. The third-order valence-electron chi connectivity index (χ3n) is 3.03. The van der Waals surface area contributed by atoms with Crippen LogP contribution in [0.1, 0.15) is 37.9 Å². The van der Waals surface area contributed by atoms with Gasteiger partial charge in [-0.2, -0.15) is 0 Å². The average molecular weight is 335 g/mol. The highest BCUT2D eigenvalue weighted by atomic mass is 79.9. The molecule has 1 N–H and O–H groups in total. The molecule has 0 amide bonds. The molecule has 4 nitrogen and oxygen atoms in total. The number of aryl methyl sites for hydroxylation is 1. The maximum absolute atomic E-state index is 4.66. The Morgan fingerprint density at radius 2 is 2.05 bits per heavy atom. The zero-order chi connectivity index (χ0) is 14.7. The van der Waals surface area contributed by atoms with E-state index in [1.54, 1.807) is 6.20 Å². The van der Waals surface area contributed by atoms with Gasteiger partial charge in [0.1, 0.15) is 11.5 Å². The van der Waals surface area contributed by atoms with Crippen molar-refractivity contribution in [3.8, 4) is 11.5 Å². The first-order valence-electron chi connectivity index (χ1n) is 6.77. The number of hydrogen-bond acceptors (Lipinski definition) is 4. The third-order valence-corrected chi connectivity index (χ3v) is 3.67. The summed E-state index contributed by atoms with van der Waals surface area (Å²) >= 11 is 3.51. The Morgan fingerprint density at radius 1 is 1.30 bits per heavy atom.